The average molecular weight is 217 g/mol. The molecule has 1 saturated heterocycles. The Morgan fingerprint density at radius 3 is 3.00 bits per heavy atom. The van der Waals surface area contributed by atoms with Gasteiger partial charge in [-0.25, -0.2) is 5.84 Å². The van der Waals surface area contributed by atoms with E-state index in [0.717, 1.165) is 6.54 Å². The van der Waals surface area contributed by atoms with Crippen LogP contribution in [-0.2, 0) is 9.53 Å². The van der Waals surface area contributed by atoms with Gasteiger partial charge in [0, 0.05) is 26.1 Å². The topological polar surface area (TPSA) is 87.8 Å². The van der Waals surface area contributed by atoms with Crippen molar-refractivity contribution >= 4 is 5.91 Å². The lowest BCUT2D eigenvalue weighted by molar-refractivity contribution is -0.123. The molecular formula is C9H19N3O3. The molecule has 15 heavy (non-hydrogen) atoms. The molecule has 0 aromatic carbocycles. The summed E-state index contributed by atoms with van der Waals surface area (Å²) in [5.74, 6) is 4.81. The van der Waals surface area contributed by atoms with E-state index in [-0.39, 0.29) is 24.7 Å². The van der Waals surface area contributed by atoms with E-state index in [0.29, 0.717) is 19.5 Å². The van der Waals surface area contributed by atoms with Crippen molar-refractivity contribution in [2.24, 2.45) is 5.84 Å². The Hall–Kier alpha value is -0.690. The van der Waals surface area contributed by atoms with Crippen molar-refractivity contribution in [3.63, 3.8) is 0 Å². The highest BCUT2D eigenvalue weighted by atomic mass is 16.5. The Bertz CT molecular complexity index is 213. The summed E-state index contributed by atoms with van der Waals surface area (Å²) in [5.41, 5.74) is 2.09. The summed E-state index contributed by atoms with van der Waals surface area (Å²) in [4.78, 5) is 13.0. The molecule has 0 aromatic rings. The highest BCUT2D eigenvalue weighted by molar-refractivity contribution is 5.75. The van der Waals surface area contributed by atoms with E-state index in [1.54, 1.807) is 0 Å². The Morgan fingerprint density at radius 2 is 2.40 bits per heavy atom. The van der Waals surface area contributed by atoms with E-state index in [1.165, 1.54) is 0 Å². The number of ether oxygens (including phenoxy) is 1. The first-order chi connectivity index (χ1) is 7.15. The predicted molar refractivity (Wildman–Crippen MR) is 54.8 cm³/mol. The molecule has 1 amide bonds. The fraction of sp³-hybridized carbons (Fsp3) is 0.889. The van der Waals surface area contributed by atoms with Gasteiger partial charge in [0.05, 0.1) is 18.8 Å². The zero-order chi connectivity index (χ0) is 11.3. The summed E-state index contributed by atoms with van der Waals surface area (Å²) in [6.07, 6.45) is 0.327. The molecule has 1 aliphatic heterocycles. The number of aliphatic hydroxyl groups excluding tert-OH is 1. The largest absolute Gasteiger partial charge is 0.394 e. The average Bonchev–Trinajstić information content (AvgIpc) is 2.25. The Balaban J connectivity index is 2.31. The Labute approximate surface area is 89.3 Å². The Kier molecular flexibility index (Phi) is 4.97. The van der Waals surface area contributed by atoms with Crippen molar-refractivity contribution < 1.29 is 14.6 Å². The molecule has 6 nitrogen and oxygen atoms in total. The highest BCUT2D eigenvalue weighted by Crippen LogP contribution is 2.10. The molecule has 1 rings (SSSR count). The third-order valence-corrected chi connectivity index (χ3v) is 2.42. The smallest absolute Gasteiger partial charge is 0.235 e. The van der Waals surface area contributed by atoms with Crippen LogP contribution in [0.2, 0.25) is 0 Å². The summed E-state index contributed by atoms with van der Waals surface area (Å²) in [7, 11) is 0. The first-order valence-electron chi connectivity index (χ1n) is 5.13. The molecule has 1 heterocycles. The lowest BCUT2D eigenvalue weighted by atomic mass is 10.2. The fourth-order valence-electron chi connectivity index (χ4n) is 1.76. The van der Waals surface area contributed by atoms with E-state index in [1.807, 2.05) is 6.92 Å². The number of rotatable bonds is 4. The van der Waals surface area contributed by atoms with Gasteiger partial charge in [-0.05, 0) is 6.92 Å². The molecular weight excluding hydrogens is 198 g/mol. The van der Waals surface area contributed by atoms with Crippen molar-refractivity contribution in [1.29, 1.82) is 0 Å². The molecule has 0 aliphatic carbocycles. The number of morpholine rings is 1. The second-order valence-electron chi connectivity index (χ2n) is 3.83. The first-order valence-corrected chi connectivity index (χ1v) is 5.13. The number of carbonyl (C=O) groups excluding carboxylic acids is 1. The minimum atomic E-state index is -0.172. The lowest BCUT2D eigenvalue weighted by Gasteiger charge is -2.35. The summed E-state index contributed by atoms with van der Waals surface area (Å²) in [6, 6.07) is 0. The van der Waals surface area contributed by atoms with Crippen LogP contribution in [0.3, 0.4) is 0 Å². The van der Waals surface area contributed by atoms with Crippen molar-refractivity contribution in [3.05, 3.63) is 0 Å². The molecule has 4 N–H and O–H groups in total. The van der Waals surface area contributed by atoms with E-state index in [2.05, 4.69) is 10.3 Å². The van der Waals surface area contributed by atoms with Crippen LogP contribution in [0.1, 0.15) is 13.3 Å². The molecule has 0 saturated carbocycles. The third-order valence-electron chi connectivity index (χ3n) is 2.42. The van der Waals surface area contributed by atoms with Crippen LogP contribution in [0.5, 0.6) is 0 Å². The Morgan fingerprint density at radius 1 is 1.67 bits per heavy atom. The minimum absolute atomic E-state index is 0.0178. The lowest BCUT2D eigenvalue weighted by Crippen LogP contribution is -2.48. The number of nitrogens with zero attached hydrogens (tertiary/aromatic N) is 1. The van der Waals surface area contributed by atoms with Crippen molar-refractivity contribution in [1.82, 2.24) is 10.3 Å². The van der Waals surface area contributed by atoms with Gasteiger partial charge in [-0.1, -0.05) is 0 Å². The number of hydrazine groups is 1. The second kappa shape index (κ2) is 6.02. The number of hydrogen-bond acceptors (Lipinski definition) is 5. The van der Waals surface area contributed by atoms with Crippen LogP contribution >= 0.6 is 0 Å². The zero-order valence-corrected chi connectivity index (χ0v) is 8.98. The number of amides is 1. The number of hydrogen-bond donors (Lipinski definition) is 3. The van der Waals surface area contributed by atoms with E-state index < -0.39 is 0 Å². The van der Waals surface area contributed by atoms with Crippen molar-refractivity contribution in [2.75, 3.05) is 26.2 Å². The normalized spacial score (nSPS) is 27.7. The first kappa shape index (κ1) is 12.4. The summed E-state index contributed by atoms with van der Waals surface area (Å²) < 4.78 is 5.48. The second-order valence-corrected chi connectivity index (χ2v) is 3.83. The number of aliphatic hydroxyl groups is 1. The standard InChI is InChI=1S/C9H19N3O3/c1-7-4-12(3-2-9(14)11-10)5-8(6-13)15-7/h7-8,13H,2-6,10H2,1H3,(H,11,14). The molecule has 0 radical (unpaired) electrons. The maximum Gasteiger partial charge on any atom is 0.235 e. The van der Waals surface area contributed by atoms with Gasteiger partial charge in [0.15, 0.2) is 0 Å². The molecule has 2 unspecified atom stereocenters. The molecule has 88 valence electrons. The van der Waals surface area contributed by atoms with E-state index >= 15 is 0 Å². The van der Waals surface area contributed by atoms with Crippen LogP contribution in [-0.4, -0.2) is 54.4 Å². The van der Waals surface area contributed by atoms with Crippen LogP contribution < -0.4 is 11.3 Å². The van der Waals surface area contributed by atoms with Gasteiger partial charge in [-0.2, -0.15) is 0 Å². The van der Waals surface area contributed by atoms with Gasteiger partial charge in [0.1, 0.15) is 0 Å². The van der Waals surface area contributed by atoms with E-state index in [4.69, 9.17) is 15.7 Å². The van der Waals surface area contributed by atoms with Gasteiger partial charge in [0.25, 0.3) is 0 Å². The molecule has 6 heteroatoms. The molecule has 1 fully saturated rings. The third kappa shape index (κ3) is 4.13. The predicted octanol–water partition coefficient (Wildman–Crippen LogP) is -1.55. The molecule has 0 spiro atoms. The maximum absolute atomic E-state index is 10.9. The van der Waals surface area contributed by atoms with Crippen LogP contribution in [0.15, 0.2) is 0 Å². The quantitative estimate of drug-likeness (QED) is 0.301. The van der Waals surface area contributed by atoms with Gasteiger partial charge in [-0.3, -0.25) is 15.1 Å². The molecule has 0 bridgehead atoms. The van der Waals surface area contributed by atoms with Crippen molar-refractivity contribution in [2.45, 2.75) is 25.6 Å². The highest BCUT2D eigenvalue weighted by Gasteiger charge is 2.24. The van der Waals surface area contributed by atoms with Gasteiger partial charge in [0.2, 0.25) is 5.91 Å². The summed E-state index contributed by atoms with van der Waals surface area (Å²) >= 11 is 0. The van der Waals surface area contributed by atoms with Crippen LogP contribution in [0.4, 0.5) is 0 Å². The molecule has 0 aromatic heterocycles. The molecule has 1 aliphatic rings. The number of nitrogens with two attached hydrogens (primary N) is 1. The van der Waals surface area contributed by atoms with Gasteiger partial charge < -0.3 is 9.84 Å². The van der Waals surface area contributed by atoms with Gasteiger partial charge >= 0.3 is 0 Å². The fourth-order valence-corrected chi connectivity index (χ4v) is 1.76. The minimum Gasteiger partial charge on any atom is -0.394 e. The maximum atomic E-state index is 10.9. The van der Waals surface area contributed by atoms with E-state index in [9.17, 15) is 4.79 Å². The number of nitrogens with one attached hydrogen (secondary N) is 1. The van der Waals surface area contributed by atoms with Crippen molar-refractivity contribution in [3.8, 4) is 0 Å². The van der Waals surface area contributed by atoms with Crippen LogP contribution in [0.25, 0.3) is 0 Å². The monoisotopic (exact) mass is 217 g/mol. The summed E-state index contributed by atoms with van der Waals surface area (Å²) in [5, 5.41) is 9.00. The van der Waals surface area contributed by atoms with Crippen LogP contribution in [0, 0.1) is 0 Å². The van der Waals surface area contributed by atoms with Gasteiger partial charge in [-0.15, -0.1) is 0 Å². The molecule has 2 atom stereocenters. The zero-order valence-electron chi connectivity index (χ0n) is 8.98. The number of carbonyl (C=O) groups is 1. The summed E-state index contributed by atoms with van der Waals surface area (Å²) in [6.45, 7) is 4.07. The SMILES string of the molecule is CC1CN(CCC(=O)NN)CC(CO)O1.